The van der Waals surface area contributed by atoms with E-state index in [9.17, 15) is 9.59 Å². The molecule has 4 rings (SSSR count). The van der Waals surface area contributed by atoms with Gasteiger partial charge >= 0.3 is 0 Å². The Balaban J connectivity index is 1.50. The molecule has 0 atom stereocenters. The number of halogens is 2. The molecule has 37 heavy (non-hydrogen) atoms. The zero-order chi connectivity index (χ0) is 26.5. The van der Waals surface area contributed by atoms with Crippen molar-refractivity contribution >= 4 is 69.4 Å². The Morgan fingerprint density at radius 3 is 2.57 bits per heavy atom. The fourth-order valence-corrected chi connectivity index (χ4v) is 5.15. The predicted octanol–water partition coefficient (Wildman–Crippen LogP) is 6.83. The summed E-state index contributed by atoms with van der Waals surface area (Å²) >= 11 is 18.8. The van der Waals surface area contributed by atoms with E-state index in [4.69, 9.17) is 44.9 Å². The first-order valence-corrected chi connectivity index (χ1v) is 13.2. The van der Waals surface area contributed by atoms with Gasteiger partial charge in [-0.25, -0.2) is 0 Å². The summed E-state index contributed by atoms with van der Waals surface area (Å²) in [5, 5.41) is 1.96. The van der Waals surface area contributed by atoms with E-state index in [-0.39, 0.29) is 16.5 Å². The monoisotopic (exact) mass is 572 g/mol. The highest BCUT2D eigenvalue weighted by molar-refractivity contribution is 8.26. The van der Waals surface area contributed by atoms with Gasteiger partial charge in [0, 0.05) is 10.6 Å². The van der Waals surface area contributed by atoms with E-state index in [1.165, 1.54) is 0 Å². The van der Waals surface area contributed by atoms with Crippen LogP contribution in [0.25, 0.3) is 6.08 Å². The summed E-state index contributed by atoms with van der Waals surface area (Å²) in [6.07, 6.45) is 1.69. The highest BCUT2D eigenvalue weighted by Crippen LogP contribution is 2.35. The standard InChI is InChI=1S/C27H22Cl2N2O4S2/c1-3-34-23-13-17(9-11-22(23)35-15-18-6-4-5-7-20(18)28)14-24-26(33)31(27(36)37-24)30-25(32)19-10-8-16(2)12-21(19)29/h4-14H,3,15H2,1-2H3,(H,30,32)/b24-14+. The number of carbonyl (C=O) groups excluding carboxylic acids is 2. The molecule has 3 aromatic carbocycles. The van der Waals surface area contributed by atoms with Crippen LogP contribution in [0.5, 0.6) is 11.5 Å². The first kappa shape index (κ1) is 27.0. The van der Waals surface area contributed by atoms with Gasteiger partial charge in [-0.15, -0.1) is 0 Å². The summed E-state index contributed by atoms with van der Waals surface area (Å²) in [4.78, 5) is 26.1. The van der Waals surface area contributed by atoms with E-state index < -0.39 is 11.8 Å². The van der Waals surface area contributed by atoms with Crippen LogP contribution >= 0.6 is 47.2 Å². The number of hydrogen-bond donors (Lipinski definition) is 1. The van der Waals surface area contributed by atoms with Crippen molar-refractivity contribution in [1.29, 1.82) is 0 Å². The molecule has 2 amide bonds. The fourth-order valence-electron chi connectivity index (χ4n) is 3.45. The Morgan fingerprint density at radius 1 is 1.05 bits per heavy atom. The topological polar surface area (TPSA) is 67.9 Å². The lowest BCUT2D eigenvalue weighted by Gasteiger charge is -2.16. The van der Waals surface area contributed by atoms with Gasteiger partial charge in [0.05, 0.1) is 22.1 Å². The van der Waals surface area contributed by atoms with Crippen molar-refractivity contribution in [1.82, 2.24) is 10.4 Å². The second-order valence-electron chi connectivity index (χ2n) is 7.96. The Labute approximate surface area is 234 Å². The van der Waals surface area contributed by atoms with E-state index in [1.807, 2.05) is 38.1 Å². The summed E-state index contributed by atoms with van der Waals surface area (Å²) in [7, 11) is 0. The van der Waals surface area contributed by atoms with Crippen molar-refractivity contribution < 1.29 is 19.1 Å². The lowest BCUT2D eigenvalue weighted by molar-refractivity contribution is -0.123. The summed E-state index contributed by atoms with van der Waals surface area (Å²) in [6, 6.07) is 17.9. The average Bonchev–Trinajstić information content (AvgIpc) is 3.11. The summed E-state index contributed by atoms with van der Waals surface area (Å²) in [5.74, 6) is 0.111. The number of carbonyl (C=O) groups is 2. The van der Waals surface area contributed by atoms with Crippen molar-refractivity contribution in [2.75, 3.05) is 6.61 Å². The molecule has 10 heteroatoms. The summed E-state index contributed by atoms with van der Waals surface area (Å²) < 4.78 is 11.9. The van der Waals surface area contributed by atoms with Gasteiger partial charge in [-0.1, -0.05) is 65.3 Å². The number of hydrogen-bond acceptors (Lipinski definition) is 6. The highest BCUT2D eigenvalue weighted by Gasteiger charge is 2.34. The number of nitrogens with one attached hydrogen (secondary N) is 1. The largest absolute Gasteiger partial charge is 0.490 e. The van der Waals surface area contributed by atoms with Crippen LogP contribution in [0.2, 0.25) is 10.0 Å². The number of thioether (sulfide) groups is 1. The smallest absolute Gasteiger partial charge is 0.285 e. The number of nitrogens with zero attached hydrogens (tertiary/aromatic N) is 1. The van der Waals surface area contributed by atoms with Crippen LogP contribution in [0.3, 0.4) is 0 Å². The quantitative estimate of drug-likeness (QED) is 0.236. The molecule has 0 saturated carbocycles. The zero-order valence-corrected chi connectivity index (χ0v) is 23.1. The molecule has 0 unspecified atom stereocenters. The van der Waals surface area contributed by atoms with E-state index >= 15 is 0 Å². The van der Waals surface area contributed by atoms with Crippen LogP contribution in [0.15, 0.2) is 65.6 Å². The van der Waals surface area contributed by atoms with Crippen LogP contribution in [0.1, 0.15) is 34.0 Å². The van der Waals surface area contributed by atoms with Gasteiger partial charge in [0.2, 0.25) is 0 Å². The molecular formula is C27H22Cl2N2O4S2. The zero-order valence-electron chi connectivity index (χ0n) is 19.9. The van der Waals surface area contributed by atoms with E-state index in [0.717, 1.165) is 27.9 Å². The minimum atomic E-state index is -0.527. The molecule has 0 radical (unpaired) electrons. The number of hydrazine groups is 1. The average molecular weight is 574 g/mol. The second kappa shape index (κ2) is 12.0. The molecule has 0 aliphatic carbocycles. The number of aryl methyl sites for hydroxylation is 1. The van der Waals surface area contributed by atoms with Gasteiger partial charge in [-0.2, -0.15) is 5.01 Å². The van der Waals surface area contributed by atoms with E-state index in [1.54, 1.807) is 42.5 Å². The van der Waals surface area contributed by atoms with Crippen LogP contribution in [0, 0.1) is 6.92 Å². The predicted molar refractivity (Wildman–Crippen MR) is 152 cm³/mol. The Kier molecular flexibility index (Phi) is 8.76. The highest BCUT2D eigenvalue weighted by atomic mass is 35.5. The lowest BCUT2D eigenvalue weighted by Crippen LogP contribution is -2.44. The molecule has 0 aromatic heterocycles. The summed E-state index contributed by atoms with van der Waals surface area (Å²) in [5.41, 5.74) is 5.28. The maximum absolute atomic E-state index is 13.0. The number of ether oxygens (including phenoxy) is 2. The molecule has 0 spiro atoms. The third kappa shape index (κ3) is 6.45. The summed E-state index contributed by atoms with van der Waals surface area (Å²) in [6.45, 7) is 4.46. The molecule has 1 N–H and O–H groups in total. The lowest BCUT2D eigenvalue weighted by atomic mass is 10.1. The molecule has 1 saturated heterocycles. The Hall–Kier alpha value is -3.04. The van der Waals surface area contributed by atoms with Crippen molar-refractivity contribution in [3.05, 3.63) is 97.9 Å². The number of benzene rings is 3. The Morgan fingerprint density at radius 2 is 1.84 bits per heavy atom. The van der Waals surface area contributed by atoms with Gasteiger partial charge in [-0.05, 0) is 73.6 Å². The van der Waals surface area contributed by atoms with Crippen molar-refractivity contribution in [2.24, 2.45) is 0 Å². The van der Waals surface area contributed by atoms with Crippen molar-refractivity contribution in [2.45, 2.75) is 20.5 Å². The number of thiocarbonyl (C=S) groups is 1. The maximum atomic E-state index is 13.0. The molecule has 1 aliphatic heterocycles. The SMILES string of the molecule is CCOc1cc(/C=C2/SC(=S)N(NC(=O)c3ccc(C)cc3Cl)C2=O)ccc1OCc1ccccc1Cl. The van der Waals surface area contributed by atoms with Crippen LogP contribution in [0.4, 0.5) is 0 Å². The Bertz CT molecular complexity index is 1410. The molecule has 1 heterocycles. The maximum Gasteiger partial charge on any atom is 0.285 e. The third-order valence-corrected chi connectivity index (χ3v) is 7.27. The molecular weight excluding hydrogens is 551 g/mol. The molecule has 6 nitrogen and oxygen atoms in total. The van der Waals surface area contributed by atoms with Crippen molar-refractivity contribution in [3.8, 4) is 11.5 Å². The molecule has 190 valence electrons. The van der Waals surface area contributed by atoms with Gasteiger partial charge in [-0.3, -0.25) is 15.0 Å². The minimum absolute atomic E-state index is 0.206. The fraction of sp³-hybridized carbons (Fsp3) is 0.148. The van der Waals surface area contributed by atoms with Crippen LogP contribution in [-0.2, 0) is 11.4 Å². The number of rotatable bonds is 8. The van der Waals surface area contributed by atoms with Gasteiger partial charge in [0.1, 0.15) is 6.61 Å². The van der Waals surface area contributed by atoms with E-state index in [0.29, 0.717) is 38.6 Å². The van der Waals surface area contributed by atoms with Crippen molar-refractivity contribution in [3.63, 3.8) is 0 Å². The minimum Gasteiger partial charge on any atom is -0.490 e. The molecule has 0 bridgehead atoms. The van der Waals surface area contributed by atoms with Crippen LogP contribution in [-0.4, -0.2) is 27.8 Å². The normalized spacial score (nSPS) is 14.3. The van der Waals surface area contributed by atoms with Crippen LogP contribution < -0.4 is 14.9 Å². The van der Waals surface area contributed by atoms with Gasteiger partial charge in [0.25, 0.3) is 11.8 Å². The molecule has 3 aromatic rings. The molecule has 1 fully saturated rings. The van der Waals surface area contributed by atoms with Gasteiger partial charge < -0.3 is 9.47 Å². The number of amides is 2. The van der Waals surface area contributed by atoms with Gasteiger partial charge in [0.15, 0.2) is 15.8 Å². The first-order valence-electron chi connectivity index (χ1n) is 11.2. The van der Waals surface area contributed by atoms with E-state index in [2.05, 4.69) is 5.43 Å². The second-order valence-corrected chi connectivity index (χ2v) is 10.5. The molecule has 1 aliphatic rings. The first-order chi connectivity index (χ1) is 17.8. The third-order valence-electron chi connectivity index (χ3n) is 5.28.